The minimum absolute atomic E-state index is 0.100. The van der Waals surface area contributed by atoms with Gasteiger partial charge in [0.1, 0.15) is 0 Å². The summed E-state index contributed by atoms with van der Waals surface area (Å²) in [7, 11) is 0. The summed E-state index contributed by atoms with van der Waals surface area (Å²) in [6, 6.07) is 6.71. The highest BCUT2D eigenvalue weighted by Gasteiger charge is 2.23. The van der Waals surface area contributed by atoms with E-state index in [1.807, 2.05) is 6.08 Å². The fraction of sp³-hybridized carbons (Fsp3) is 0.250. The molecule has 0 bridgehead atoms. The predicted octanol–water partition coefficient (Wildman–Crippen LogP) is 2.60. The standard InChI is InChI=1S/C12H11ClO2/c13-9-6-4-8(5-7-9)12(15)10-2-1-3-11(10)14/h2,4-7,11,14H,1,3H2. The van der Waals surface area contributed by atoms with E-state index >= 15 is 0 Å². The second-order valence-electron chi connectivity index (χ2n) is 3.59. The van der Waals surface area contributed by atoms with Gasteiger partial charge >= 0.3 is 0 Å². The lowest BCUT2D eigenvalue weighted by Crippen LogP contribution is -2.14. The molecule has 1 atom stereocenters. The van der Waals surface area contributed by atoms with Crippen LogP contribution >= 0.6 is 11.6 Å². The van der Waals surface area contributed by atoms with Gasteiger partial charge in [0.25, 0.3) is 0 Å². The van der Waals surface area contributed by atoms with Crippen molar-refractivity contribution in [2.75, 3.05) is 0 Å². The highest BCUT2D eigenvalue weighted by atomic mass is 35.5. The molecule has 0 fully saturated rings. The van der Waals surface area contributed by atoms with Crippen LogP contribution in [0.4, 0.5) is 0 Å². The van der Waals surface area contributed by atoms with Crippen LogP contribution in [0, 0.1) is 0 Å². The highest BCUT2D eigenvalue weighted by molar-refractivity contribution is 6.30. The van der Waals surface area contributed by atoms with Crippen LogP contribution < -0.4 is 0 Å². The first-order valence-corrected chi connectivity index (χ1v) is 5.24. The number of benzene rings is 1. The third-order valence-electron chi connectivity index (χ3n) is 2.53. The van der Waals surface area contributed by atoms with Gasteiger partial charge in [-0.2, -0.15) is 0 Å². The van der Waals surface area contributed by atoms with Crippen molar-refractivity contribution in [1.29, 1.82) is 0 Å². The number of aliphatic hydroxyl groups excluding tert-OH is 1. The molecule has 1 unspecified atom stereocenters. The van der Waals surface area contributed by atoms with Gasteiger partial charge in [-0.05, 0) is 37.1 Å². The fourth-order valence-electron chi connectivity index (χ4n) is 1.70. The Hall–Kier alpha value is -1.12. The predicted molar refractivity (Wildman–Crippen MR) is 59.1 cm³/mol. The van der Waals surface area contributed by atoms with Gasteiger partial charge in [0.15, 0.2) is 5.78 Å². The molecule has 0 amide bonds. The van der Waals surface area contributed by atoms with E-state index in [-0.39, 0.29) is 5.78 Å². The molecule has 0 radical (unpaired) electrons. The van der Waals surface area contributed by atoms with Gasteiger partial charge in [-0.3, -0.25) is 4.79 Å². The molecule has 0 heterocycles. The Balaban J connectivity index is 2.25. The maximum absolute atomic E-state index is 11.9. The summed E-state index contributed by atoms with van der Waals surface area (Å²) in [5, 5.41) is 10.2. The molecular weight excluding hydrogens is 212 g/mol. The molecule has 15 heavy (non-hydrogen) atoms. The first-order valence-electron chi connectivity index (χ1n) is 4.87. The largest absolute Gasteiger partial charge is 0.388 e. The Morgan fingerprint density at radius 3 is 2.53 bits per heavy atom. The van der Waals surface area contributed by atoms with Crippen LogP contribution in [-0.4, -0.2) is 17.0 Å². The number of allylic oxidation sites excluding steroid dienone is 1. The second-order valence-corrected chi connectivity index (χ2v) is 4.03. The summed E-state index contributed by atoms with van der Waals surface area (Å²) >= 11 is 5.73. The zero-order valence-electron chi connectivity index (χ0n) is 8.11. The Bertz CT molecular complexity index is 406. The average molecular weight is 223 g/mol. The highest BCUT2D eigenvalue weighted by Crippen LogP contribution is 2.23. The van der Waals surface area contributed by atoms with Gasteiger partial charge in [-0.1, -0.05) is 17.7 Å². The number of halogens is 1. The minimum Gasteiger partial charge on any atom is -0.388 e. The van der Waals surface area contributed by atoms with Crippen LogP contribution in [-0.2, 0) is 0 Å². The van der Waals surface area contributed by atoms with Gasteiger partial charge in [-0.25, -0.2) is 0 Å². The summed E-state index contributed by atoms with van der Waals surface area (Å²) in [5.41, 5.74) is 1.09. The number of ketones is 1. The van der Waals surface area contributed by atoms with Gasteiger partial charge in [-0.15, -0.1) is 0 Å². The maximum Gasteiger partial charge on any atom is 0.191 e. The van der Waals surface area contributed by atoms with Gasteiger partial charge in [0.2, 0.25) is 0 Å². The first kappa shape index (κ1) is 10.4. The zero-order valence-corrected chi connectivity index (χ0v) is 8.87. The maximum atomic E-state index is 11.9. The molecule has 0 saturated heterocycles. The zero-order chi connectivity index (χ0) is 10.8. The molecule has 0 saturated carbocycles. The van der Waals surface area contributed by atoms with Crippen molar-refractivity contribution in [2.45, 2.75) is 18.9 Å². The topological polar surface area (TPSA) is 37.3 Å². The lowest BCUT2D eigenvalue weighted by molar-refractivity contribution is 0.0992. The van der Waals surface area contributed by atoms with E-state index in [0.717, 1.165) is 6.42 Å². The molecule has 1 aliphatic rings. The normalized spacial score (nSPS) is 20.1. The summed E-state index contributed by atoms with van der Waals surface area (Å²) in [6.07, 6.45) is 2.62. The van der Waals surface area contributed by atoms with Crippen LogP contribution in [0.3, 0.4) is 0 Å². The van der Waals surface area contributed by atoms with Crippen molar-refractivity contribution in [3.63, 3.8) is 0 Å². The molecule has 2 rings (SSSR count). The lowest BCUT2D eigenvalue weighted by Gasteiger charge is -2.07. The summed E-state index contributed by atoms with van der Waals surface area (Å²) in [5.74, 6) is -0.100. The molecule has 2 nitrogen and oxygen atoms in total. The second kappa shape index (κ2) is 4.17. The van der Waals surface area contributed by atoms with Crippen molar-refractivity contribution >= 4 is 17.4 Å². The minimum atomic E-state index is -0.604. The van der Waals surface area contributed by atoms with Gasteiger partial charge in [0.05, 0.1) is 6.10 Å². The van der Waals surface area contributed by atoms with E-state index in [2.05, 4.69) is 0 Å². The number of hydrogen-bond donors (Lipinski definition) is 1. The summed E-state index contributed by atoms with van der Waals surface area (Å²) < 4.78 is 0. The molecule has 78 valence electrons. The Kier molecular flexibility index (Phi) is 2.89. The smallest absolute Gasteiger partial charge is 0.191 e. The molecule has 0 aliphatic heterocycles. The third-order valence-corrected chi connectivity index (χ3v) is 2.78. The fourth-order valence-corrected chi connectivity index (χ4v) is 1.83. The lowest BCUT2D eigenvalue weighted by atomic mass is 10.0. The summed E-state index contributed by atoms with van der Waals surface area (Å²) in [6.45, 7) is 0. The molecule has 1 aliphatic carbocycles. The SMILES string of the molecule is O=C(C1=CCCC1O)c1ccc(Cl)cc1. The van der Waals surface area contributed by atoms with Crippen molar-refractivity contribution in [1.82, 2.24) is 0 Å². The number of carbonyl (C=O) groups excluding carboxylic acids is 1. The molecule has 0 spiro atoms. The molecule has 0 aromatic heterocycles. The number of aliphatic hydroxyl groups is 1. The Morgan fingerprint density at radius 2 is 2.00 bits per heavy atom. The van der Waals surface area contributed by atoms with Crippen LogP contribution in [0.2, 0.25) is 5.02 Å². The molecule has 1 aromatic rings. The van der Waals surface area contributed by atoms with Crippen LogP contribution in [0.15, 0.2) is 35.9 Å². The quantitative estimate of drug-likeness (QED) is 0.781. The van der Waals surface area contributed by atoms with Crippen molar-refractivity contribution in [3.05, 3.63) is 46.5 Å². The Labute approximate surface area is 93.2 Å². The molecular formula is C12H11ClO2. The van der Waals surface area contributed by atoms with Crippen LogP contribution in [0.1, 0.15) is 23.2 Å². The van der Waals surface area contributed by atoms with Crippen molar-refractivity contribution < 1.29 is 9.90 Å². The van der Waals surface area contributed by atoms with E-state index in [1.165, 1.54) is 0 Å². The third kappa shape index (κ3) is 2.11. The van der Waals surface area contributed by atoms with Crippen LogP contribution in [0.25, 0.3) is 0 Å². The van der Waals surface area contributed by atoms with E-state index in [1.54, 1.807) is 24.3 Å². The number of hydrogen-bond acceptors (Lipinski definition) is 2. The Morgan fingerprint density at radius 1 is 1.33 bits per heavy atom. The van der Waals surface area contributed by atoms with Crippen molar-refractivity contribution in [3.8, 4) is 0 Å². The van der Waals surface area contributed by atoms with E-state index in [0.29, 0.717) is 22.6 Å². The molecule has 1 N–H and O–H groups in total. The first-order chi connectivity index (χ1) is 7.18. The van der Waals surface area contributed by atoms with E-state index < -0.39 is 6.10 Å². The monoisotopic (exact) mass is 222 g/mol. The number of Topliss-reactive ketones (excluding diaryl/α,β-unsaturated/α-hetero) is 1. The van der Waals surface area contributed by atoms with E-state index in [4.69, 9.17) is 11.6 Å². The number of carbonyl (C=O) groups is 1. The average Bonchev–Trinajstić information content (AvgIpc) is 2.65. The summed E-state index contributed by atoms with van der Waals surface area (Å²) in [4.78, 5) is 11.9. The number of rotatable bonds is 2. The molecule has 3 heteroatoms. The van der Waals surface area contributed by atoms with Crippen LogP contribution in [0.5, 0.6) is 0 Å². The van der Waals surface area contributed by atoms with Gasteiger partial charge < -0.3 is 5.11 Å². The van der Waals surface area contributed by atoms with Gasteiger partial charge in [0, 0.05) is 16.2 Å². The molecule has 1 aromatic carbocycles. The van der Waals surface area contributed by atoms with Crippen molar-refractivity contribution in [2.24, 2.45) is 0 Å². The van der Waals surface area contributed by atoms with E-state index in [9.17, 15) is 9.90 Å².